The van der Waals surface area contributed by atoms with Crippen LogP contribution in [0, 0.1) is 0 Å². The molecular formula is C20H34O2. The van der Waals surface area contributed by atoms with E-state index in [9.17, 15) is 10.2 Å². The lowest BCUT2D eigenvalue weighted by Crippen LogP contribution is -2.00. The average molecular weight is 306 g/mol. The van der Waals surface area contributed by atoms with Crippen molar-refractivity contribution in [1.82, 2.24) is 0 Å². The Hall–Kier alpha value is -1.12. The summed E-state index contributed by atoms with van der Waals surface area (Å²) < 4.78 is 0. The summed E-state index contributed by atoms with van der Waals surface area (Å²) in [5.41, 5.74) is 0. The number of aliphatic hydroxyl groups excluding tert-OH is 2. The van der Waals surface area contributed by atoms with Gasteiger partial charge in [-0.3, -0.25) is 0 Å². The number of hydrogen-bond acceptors (Lipinski definition) is 2. The lowest BCUT2D eigenvalue weighted by atomic mass is 10.1. The number of aliphatic hydroxyl groups is 2. The molecule has 2 atom stereocenters. The van der Waals surface area contributed by atoms with Crippen LogP contribution in [-0.2, 0) is 0 Å². The van der Waals surface area contributed by atoms with E-state index in [-0.39, 0.29) is 6.10 Å². The number of allylic oxidation sites excluding steroid dienone is 5. The van der Waals surface area contributed by atoms with Crippen LogP contribution in [0.1, 0.15) is 65.2 Å². The monoisotopic (exact) mass is 306 g/mol. The number of rotatable bonds is 13. The first kappa shape index (κ1) is 20.9. The highest BCUT2D eigenvalue weighted by Crippen LogP contribution is 2.04. The number of hydrogen-bond donors (Lipinski definition) is 2. The van der Waals surface area contributed by atoms with Crippen molar-refractivity contribution in [2.45, 2.75) is 77.4 Å². The molecule has 0 aromatic heterocycles. The van der Waals surface area contributed by atoms with Crippen LogP contribution in [0.2, 0.25) is 0 Å². The Kier molecular flexibility index (Phi) is 15.4. The highest BCUT2D eigenvalue weighted by Gasteiger charge is 1.96. The van der Waals surface area contributed by atoms with Crippen molar-refractivity contribution < 1.29 is 10.2 Å². The first-order valence-corrected chi connectivity index (χ1v) is 8.73. The Balaban J connectivity index is 3.78. The van der Waals surface area contributed by atoms with Gasteiger partial charge in [0.25, 0.3) is 0 Å². The van der Waals surface area contributed by atoms with E-state index in [1.807, 2.05) is 36.5 Å². The van der Waals surface area contributed by atoms with Crippen LogP contribution >= 0.6 is 0 Å². The Labute approximate surface area is 137 Å². The van der Waals surface area contributed by atoms with Crippen molar-refractivity contribution in [2.24, 2.45) is 0 Å². The van der Waals surface area contributed by atoms with Gasteiger partial charge in [0.05, 0.1) is 12.2 Å². The molecule has 22 heavy (non-hydrogen) atoms. The van der Waals surface area contributed by atoms with Gasteiger partial charge in [0.1, 0.15) is 0 Å². The summed E-state index contributed by atoms with van der Waals surface area (Å²) in [7, 11) is 0. The van der Waals surface area contributed by atoms with Crippen molar-refractivity contribution >= 4 is 0 Å². The van der Waals surface area contributed by atoms with Gasteiger partial charge in [-0.25, -0.2) is 0 Å². The van der Waals surface area contributed by atoms with Crippen molar-refractivity contribution in [1.29, 1.82) is 0 Å². The Morgan fingerprint density at radius 2 is 1.36 bits per heavy atom. The molecule has 0 saturated heterocycles. The highest BCUT2D eigenvalue weighted by atomic mass is 16.3. The maximum Gasteiger partial charge on any atom is 0.0758 e. The molecule has 1 unspecified atom stereocenters. The fraction of sp³-hybridized carbons (Fsp3) is 0.600. The van der Waals surface area contributed by atoms with Gasteiger partial charge in [-0.2, -0.15) is 0 Å². The Morgan fingerprint density at radius 3 is 2.00 bits per heavy atom. The molecule has 0 bridgehead atoms. The summed E-state index contributed by atoms with van der Waals surface area (Å²) in [6, 6.07) is 0. The van der Waals surface area contributed by atoms with E-state index in [2.05, 4.69) is 19.9 Å². The molecule has 2 N–H and O–H groups in total. The summed E-state index contributed by atoms with van der Waals surface area (Å²) in [5.74, 6) is 0. The van der Waals surface area contributed by atoms with Gasteiger partial charge in [0.2, 0.25) is 0 Å². The molecule has 0 saturated carbocycles. The van der Waals surface area contributed by atoms with Crippen molar-refractivity contribution in [3.63, 3.8) is 0 Å². The molecule has 0 aromatic rings. The quantitative estimate of drug-likeness (QED) is 0.282. The summed E-state index contributed by atoms with van der Waals surface area (Å²) in [6.45, 7) is 4.34. The van der Waals surface area contributed by atoms with Gasteiger partial charge >= 0.3 is 0 Å². The second-order valence-corrected chi connectivity index (χ2v) is 5.63. The molecule has 0 fully saturated rings. The Morgan fingerprint density at radius 1 is 0.727 bits per heavy atom. The van der Waals surface area contributed by atoms with E-state index >= 15 is 0 Å². The molecule has 0 rings (SSSR count). The second kappa shape index (κ2) is 16.3. The molecule has 126 valence electrons. The highest BCUT2D eigenvalue weighted by molar-refractivity contribution is 5.13. The van der Waals surface area contributed by atoms with E-state index in [4.69, 9.17) is 0 Å². The number of unbranched alkanes of at least 4 members (excludes halogenated alkanes) is 4. The SMILES string of the molecule is CCCC/C=C\C[C@H](O)/C=C/C=C\C=C\C(O)CCCCC. The Bertz CT molecular complexity index is 340. The van der Waals surface area contributed by atoms with Crippen molar-refractivity contribution in [2.75, 3.05) is 0 Å². The standard InChI is InChI=1S/C20H34O2/c1-3-5-7-8-12-16-20(22)18-14-10-9-13-17-19(21)15-11-6-4-2/h8-10,12-14,17-22H,3-7,11,15-16H2,1-2H3/b10-9-,12-8-,17-13+,18-14+/t19?,20-/m0/s1. The van der Waals surface area contributed by atoms with Crippen LogP contribution < -0.4 is 0 Å². The topological polar surface area (TPSA) is 40.5 Å². The van der Waals surface area contributed by atoms with Gasteiger partial charge in [0.15, 0.2) is 0 Å². The molecule has 0 heterocycles. The average Bonchev–Trinajstić information content (AvgIpc) is 2.50. The minimum absolute atomic E-state index is 0.348. The lowest BCUT2D eigenvalue weighted by molar-refractivity contribution is 0.208. The predicted molar refractivity (Wildman–Crippen MR) is 96.9 cm³/mol. The second-order valence-electron chi connectivity index (χ2n) is 5.63. The largest absolute Gasteiger partial charge is 0.389 e. The first-order valence-electron chi connectivity index (χ1n) is 8.73. The zero-order valence-electron chi connectivity index (χ0n) is 14.3. The maximum absolute atomic E-state index is 9.74. The predicted octanol–water partition coefficient (Wildman–Crippen LogP) is 5.09. The maximum atomic E-state index is 9.74. The van der Waals surface area contributed by atoms with Gasteiger partial charge in [-0.05, 0) is 19.3 Å². The minimum Gasteiger partial charge on any atom is -0.389 e. The molecule has 0 spiro atoms. The third-order valence-corrected chi connectivity index (χ3v) is 3.37. The van der Waals surface area contributed by atoms with Gasteiger partial charge in [-0.1, -0.05) is 94.6 Å². The van der Waals surface area contributed by atoms with Gasteiger partial charge < -0.3 is 10.2 Å². The van der Waals surface area contributed by atoms with Gasteiger partial charge in [0, 0.05) is 0 Å². The van der Waals surface area contributed by atoms with Crippen molar-refractivity contribution in [3.8, 4) is 0 Å². The molecule has 0 aromatic carbocycles. The fourth-order valence-electron chi connectivity index (χ4n) is 1.97. The first-order chi connectivity index (χ1) is 10.7. The molecular weight excluding hydrogens is 272 g/mol. The van der Waals surface area contributed by atoms with Crippen LogP contribution in [0.15, 0.2) is 48.6 Å². The van der Waals surface area contributed by atoms with E-state index in [0.717, 1.165) is 19.3 Å². The normalized spacial score (nSPS) is 15.6. The van der Waals surface area contributed by atoms with Crippen LogP contribution in [-0.4, -0.2) is 22.4 Å². The molecule has 2 heteroatoms. The molecule has 2 nitrogen and oxygen atoms in total. The van der Waals surface area contributed by atoms with E-state index in [1.54, 1.807) is 6.08 Å². The van der Waals surface area contributed by atoms with Crippen LogP contribution in [0.5, 0.6) is 0 Å². The summed E-state index contributed by atoms with van der Waals surface area (Å²) in [6.07, 6.45) is 22.9. The zero-order chi connectivity index (χ0) is 16.5. The minimum atomic E-state index is -0.425. The molecule has 0 radical (unpaired) electrons. The zero-order valence-corrected chi connectivity index (χ0v) is 14.3. The van der Waals surface area contributed by atoms with E-state index < -0.39 is 6.10 Å². The van der Waals surface area contributed by atoms with E-state index in [0.29, 0.717) is 6.42 Å². The molecule has 0 amide bonds. The van der Waals surface area contributed by atoms with Crippen molar-refractivity contribution in [3.05, 3.63) is 48.6 Å². The summed E-state index contributed by atoms with van der Waals surface area (Å²) in [5, 5.41) is 19.4. The molecule has 0 aliphatic heterocycles. The lowest BCUT2D eigenvalue weighted by Gasteiger charge is -2.02. The summed E-state index contributed by atoms with van der Waals surface area (Å²) >= 11 is 0. The van der Waals surface area contributed by atoms with E-state index in [1.165, 1.54) is 25.7 Å². The smallest absolute Gasteiger partial charge is 0.0758 e. The van der Waals surface area contributed by atoms with Crippen LogP contribution in [0.4, 0.5) is 0 Å². The van der Waals surface area contributed by atoms with Crippen LogP contribution in [0.3, 0.4) is 0 Å². The third kappa shape index (κ3) is 15.3. The van der Waals surface area contributed by atoms with Crippen LogP contribution in [0.25, 0.3) is 0 Å². The summed E-state index contributed by atoms with van der Waals surface area (Å²) in [4.78, 5) is 0. The fourth-order valence-corrected chi connectivity index (χ4v) is 1.97. The molecule has 0 aliphatic rings. The van der Waals surface area contributed by atoms with Gasteiger partial charge in [-0.15, -0.1) is 0 Å². The molecule has 0 aliphatic carbocycles. The third-order valence-electron chi connectivity index (χ3n) is 3.37.